The number of likely N-dealkylation sites (tertiary alicyclic amines) is 1. The summed E-state index contributed by atoms with van der Waals surface area (Å²) in [6.45, 7) is 0.551. The molecule has 2 aromatic rings. The number of hydrogen-bond acceptors (Lipinski definition) is 4. The van der Waals surface area contributed by atoms with Crippen LogP contribution >= 0.6 is 11.6 Å². The van der Waals surface area contributed by atoms with E-state index in [0.717, 1.165) is 18.4 Å². The maximum atomic E-state index is 12.6. The normalized spacial score (nSPS) is 16.6. The molecule has 0 saturated carbocycles. The number of hydrogen-bond donors (Lipinski definition) is 1. The number of amides is 2. The van der Waals surface area contributed by atoms with Crippen LogP contribution in [0.15, 0.2) is 42.7 Å². The van der Waals surface area contributed by atoms with Gasteiger partial charge in [0.25, 0.3) is 0 Å². The molecule has 1 atom stereocenters. The topological polar surface area (TPSA) is 71.5 Å². The first-order valence-corrected chi connectivity index (χ1v) is 8.33. The average molecular weight is 360 g/mol. The number of ether oxygens (including phenoxy) is 1. The first-order valence-electron chi connectivity index (χ1n) is 7.95. The summed E-state index contributed by atoms with van der Waals surface area (Å²) < 4.78 is 5.07. The summed E-state index contributed by atoms with van der Waals surface area (Å²) in [5.74, 6) is -0.689. The molecular formula is C18H18ClN3O3. The highest BCUT2D eigenvalue weighted by Gasteiger charge is 2.33. The molecule has 0 radical (unpaired) electrons. The number of rotatable bonds is 3. The number of carbonyl (C=O) groups is 2. The van der Waals surface area contributed by atoms with Gasteiger partial charge in [-0.15, -0.1) is 0 Å². The second kappa shape index (κ2) is 7.53. The lowest BCUT2D eigenvalue weighted by Gasteiger charge is -2.24. The van der Waals surface area contributed by atoms with Crippen molar-refractivity contribution in [3.05, 3.63) is 53.3 Å². The molecule has 1 aromatic carbocycles. The first-order chi connectivity index (χ1) is 12.1. The standard InChI is InChI=1S/C18H18ClN3O3/c1-25-13-4-5-15(14(19)11-13)21-17(23)18(24)22-10-2-3-16(22)12-6-8-20-9-7-12/h4-9,11,16H,2-3,10H2,1H3,(H,21,23)/t16-/m0/s1. The van der Waals surface area contributed by atoms with Crippen LogP contribution in [-0.2, 0) is 9.59 Å². The Bertz CT molecular complexity index is 782. The minimum Gasteiger partial charge on any atom is -0.497 e. The van der Waals surface area contributed by atoms with E-state index in [4.69, 9.17) is 16.3 Å². The van der Waals surface area contributed by atoms with Crippen LogP contribution < -0.4 is 10.1 Å². The van der Waals surface area contributed by atoms with Gasteiger partial charge in [0, 0.05) is 25.0 Å². The van der Waals surface area contributed by atoms with E-state index >= 15 is 0 Å². The predicted molar refractivity (Wildman–Crippen MR) is 94.6 cm³/mol. The Hall–Kier alpha value is -2.60. The summed E-state index contributed by atoms with van der Waals surface area (Å²) in [5, 5.41) is 2.89. The SMILES string of the molecule is COc1ccc(NC(=O)C(=O)N2CCC[C@H]2c2ccncc2)c(Cl)c1. The predicted octanol–water partition coefficient (Wildman–Crippen LogP) is 3.05. The molecule has 130 valence electrons. The first kappa shape index (κ1) is 17.2. The number of pyridine rings is 1. The highest BCUT2D eigenvalue weighted by atomic mass is 35.5. The Morgan fingerprint density at radius 2 is 2.04 bits per heavy atom. The van der Waals surface area contributed by atoms with Crippen molar-refractivity contribution >= 4 is 29.1 Å². The Balaban J connectivity index is 1.73. The van der Waals surface area contributed by atoms with Gasteiger partial charge in [0.05, 0.1) is 23.9 Å². The number of carbonyl (C=O) groups excluding carboxylic acids is 2. The third-order valence-corrected chi connectivity index (χ3v) is 4.54. The highest BCUT2D eigenvalue weighted by molar-refractivity contribution is 6.41. The van der Waals surface area contributed by atoms with E-state index < -0.39 is 11.8 Å². The van der Waals surface area contributed by atoms with Gasteiger partial charge in [0.1, 0.15) is 5.75 Å². The maximum Gasteiger partial charge on any atom is 0.313 e. The second-order valence-corrected chi connectivity index (χ2v) is 6.14. The van der Waals surface area contributed by atoms with Crippen LogP contribution in [0.25, 0.3) is 0 Å². The molecule has 25 heavy (non-hydrogen) atoms. The molecule has 2 heterocycles. The van der Waals surface area contributed by atoms with Crippen molar-refractivity contribution in [3.8, 4) is 5.75 Å². The summed E-state index contributed by atoms with van der Waals surface area (Å²) in [4.78, 5) is 30.6. The van der Waals surface area contributed by atoms with Crippen molar-refractivity contribution in [1.82, 2.24) is 9.88 Å². The lowest BCUT2D eigenvalue weighted by atomic mass is 10.1. The van der Waals surface area contributed by atoms with Gasteiger partial charge in [-0.05, 0) is 42.7 Å². The average Bonchev–Trinajstić information content (AvgIpc) is 3.13. The molecule has 1 N–H and O–H groups in total. The third-order valence-electron chi connectivity index (χ3n) is 4.22. The summed E-state index contributed by atoms with van der Waals surface area (Å²) in [5.41, 5.74) is 1.36. The van der Waals surface area contributed by atoms with Gasteiger partial charge in [0.15, 0.2) is 0 Å². The van der Waals surface area contributed by atoms with Crippen molar-refractivity contribution in [2.24, 2.45) is 0 Å². The minimum absolute atomic E-state index is 0.104. The van der Waals surface area contributed by atoms with Crippen molar-refractivity contribution in [3.63, 3.8) is 0 Å². The molecular weight excluding hydrogens is 342 g/mol. The van der Waals surface area contributed by atoms with E-state index in [1.54, 1.807) is 35.5 Å². The molecule has 2 amide bonds. The molecule has 0 aliphatic carbocycles. The molecule has 1 saturated heterocycles. The largest absolute Gasteiger partial charge is 0.497 e. The molecule has 3 rings (SSSR count). The minimum atomic E-state index is -0.701. The van der Waals surface area contributed by atoms with E-state index in [-0.39, 0.29) is 6.04 Å². The van der Waals surface area contributed by atoms with Crippen LogP contribution in [0.2, 0.25) is 5.02 Å². The fourth-order valence-corrected chi connectivity index (χ4v) is 3.19. The Morgan fingerprint density at radius 1 is 1.28 bits per heavy atom. The number of aromatic nitrogens is 1. The molecule has 1 aromatic heterocycles. The van der Waals surface area contributed by atoms with Crippen LogP contribution in [0, 0.1) is 0 Å². The Morgan fingerprint density at radius 3 is 2.72 bits per heavy atom. The van der Waals surface area contributed by atoms with Crippen LogP contribution in [0.1, 0.15) is 24.4 Å². The van der Waals surface area contributed by atoms with Crippen LogP contribution in [-0.4, -0.2) is 35.4 Å². The van der Waals surface area contributed by atoms with E-state index in [2.05, 4.69) is 10.3 Å². The zero-order valence-electron chi connectivity index (χ0n) is 13.7. The number of nitrogens with one attached hydrogen (secondary N) is 1. The van der Waals surface area contributed by atoms with E-state index in [0.29, 0.717) is 23.0 Å². The van der Waals surface area contributed by atoms with Gasteiger partial charge in [0.2, 0.25) is 0 Å². The number of halogens is 1. The lowest BCUT2D eigenvalue weighted by Crippen LogP contribution is -2.39. The summed E-state index contributed by atoms with van der Waals surface area (Å²) >= 11 is 6.11. The van der Waals surface area contributed by atoms with Crippen molar-refractivity contribution in [2.75, 3.05) is 19.0 Å². The Labute approximate surface area is 150 Å². The molecule has 0 bridgehead atoms. The molecule has 0 spiro atoms. The van der Waals surface area contributed by atoms with Crippen LogP contribution in [0.4, 0.5) is 5.69 Å². The molecule has 0 unspecified atom stereocenters. The summed E-state index contributed by atoms with van der Waals surface area (Å²) in [7, 11) is 1.53. The van der Waals surface area contributed by atoms with Gasteiger partial charge < -0.3 is 15.0 Å². The zero-order chi connectivity index (χ0) is 17.8. The Kier molecular flexibility index (Phi) is 5.19. The molecule has 1 aliphatic heterocycles. The zero-order valence-corrected chi connectivity index (χ0v) is 14.5. The number of anilines is 1. The van der Waals surface area contributed by atoms with Crippen LogP contribution in [0.3, 0.4) is 0 Å². The summed E-state index contributed by atoms with van der Waals surface area (Å²) in [6.07, 6.45) is 5.06. The van der Waals surface area contributed by atoms with E-state index in [1.807, 2.05) is 12.1 Å². The van der Waals surface area contributed by atoms with Gasteiger partial charge in [-0.3, -0.25) is 14.6 Å². The maximum absolute atomic E-state index is 12.6. The second-order valence-electron chi connectivity index (χ2n) is 5.74. The molecule has 7 heteroatoms. The van der Waals surface area contributed by atoms with Gasteiger partial charge >= 0.3 is 11.8 Å². The summed E-state index contributed by atoms with van der Waals surface area (Å²) in [6, 6.07) is 8.49. The van der Waals surface area contributed by atoms with E-state index in [1.165, 1.54) is 7.11 Å². The molecule has 1 aliphatic rings. The fourth-order valence-electron chi connectivity index (χ4n) is 2.97. The fraction of sp³-hybridized carbons (Fsp3) is 0.278. The monoisotopic (exact) mass is 359 g/mol. The number of methoxy groups -OCH3 is 1. The van der Waals surface area contributed by atoms with Gasteiger partial charge in [-0.2, -0.15) is 0 Å². The molecule has 6 nitrogen and oxygen atoms in total. The number of nitrogens with zero attached hydrogens (tertiary/aromatic N) is 2. The quantitative estimate of drug-likeness (QED) is 0.855. The highest BCUT2D eigenvalue weighted by Crippen LogP contribution is 2.32. The van der Waals surface area contributed by atoms with Crippen molar-refractivity contribution in [1.29, 1.82) is 0 Å². The lowest BCUT2D eigenvalue weighted by molar-refractivity contribution is -0.143. The van der Waals surface area contributed by atoms with E-state index in [9.17, 15) is 9.59 Å². The van der Waals surface area contributed by atoms with Crippen LogP contribution in [0.5, 0.6) is 5.75 Å². The smallest absolute Gasteiger partial charge is 0.313 e. The third kappa shape index (κ3) is 3.74. The number of benzene rings is 1. The van der Waals surface area contributed by atoms with Crippen molar-refractivity contribution < 1.29 is 14.3 Å². The van der Waals surface area contributed by atoms with Crippen molar-refractivity contribution in [2.45, 2.75) is 18.9 Å². The molecule has 1 fully saturated rings. The van der Waals surface area contributed by atoms with Gasteiger partial charge in [-0.1, -0.05) is 11.6 Å². The van der Waals surface area contributed by atoms with Gasteiger partial charge in [-0.25, -0.2) is 0 Å².